The number of anilines is 1. The molecule has 0 saturated carbocycles. The summed E-state index contributed by atoms with van der Waals surface area (Å²) in [5, 5.41) is 26.4. The molecule has 11 heteroatoms. The Morgan fingerprint density at radius 2 is 1.80 bits per heavy atom. The number of hydrogen-bond acceptors (Lipinski definition) is 7. The van der Waals surface area contributed by atoms with E-state index in [0.29, 0.717) is 80.6 Å². The van der Waals surface area contributed by atoms with E-state index in [9.17, 15) is 24.6 Å². The second-order valence-corrected chi connectivity index (χ2v) is 11.8. The van der Waals surface area contributed by atoms with Crippen molar-refractivity contribution < 1.29 is 24.6 Å². The van der Waals surface area contributed by atoms with Crippen LogP contribution in [0.5, 0.6) is 5.75 Å². The lowest BCUT2D eigenvalue weighted by atomic mass is 9.98. The number of hydrogen-bond donors (Lipinski definition) is 4. The first-order valence-corrected chi connectivity index (χ1v) is 15.4. The van der Waals surface area contributed by atoms with Gasteiger partial charge >= 0.3 is 0 Å². The Bertz CT molecular complexity index is 1750. The molecule has 0 aliphatic carbocycles. The Morgan fingerprint density at radius 3 is 2.62 bits per heavy atom. The van der Waals surface area contributed by atoms with Crippen molar-refractivity contribution >= 4 is 34.7 Å². The molecule has 1 atom stereocenters. The molecule has 1 saturated heterocycles. The number of fused-ring (bicyclic) bond motifs is 6. The van der Waals surface area contributed by atoms with Crippen LogP contribution >= 0.6 is 0 Å². The van der Waals surface area contributed by atoms with Gasteiger partial charge in [-0.1, -0.05) is 18.2 Å². The molecule has 234 valence electrons. The highest BCUT2D eigenvalue weighted by Gasteiger charge is 2.25. The molecule has 2 aliphatic heterocycles. The first-order valence-electron chi connectivity index (χ1n) is 15.4. The van der Waals surface area contributed by atoms with Gasteiger partial charge in [-0.3, -0.25) is 14.4 Å². The van der Waals surface area contributed by atoms with E-state index in [1.54, 1.807) is 47.4 Å². The number of carbonyl (C=O) groups is 3. The van der Waals surface area contributed by atoms with Gasteiger partial charge in [-0.15, -0.1) is 0 Å². The van der Waals surface area contributed by atoms with E-state index in [0.717, 1.165) is 22.6 Å². The summed E-state index contributed by atoms with van der Waals surface area (Å²) in [5.41, 5.74) is 4.74. The minimum absolute atomic E-state index is 0.103. The van der Waals surface area contributed by atoms with Gasteiger partial charge < -0.3 is 35.2 Å². The van der Waals surface area contributed by atoms with E-state index in [1.165, 1.54) is 0 Å². The summed E-state index contributed by atoms with van der Waals surface area (Å²) in [6.45, 7) is 2.25. The first kappa shape index (κ1) is 30.1. The normalized spacial score (nSPS) is 18.3. The maximum Gasteiger partial charge on any atom is 0.254 e. The van der Waals surface area contributed by atoms with Gasteiger partial charge in [-0.2, -0.15) is 0 Å². The number of aliphatic hydroxyl groups excluding tert-OH is 1. The Hall–Kier alpha value is -4.90. The van der Waals surface area contributed by atoms with Crippen LogP contribution in [0.3, 0.4) is 0 Å². The molecule has 6 rings (SSSR count). The van der Waals surface area contributed by atoms with Gasteiger partial charge in [0.15, 0.2) is 0 Å². The smallest absolute Gasteiger partial charge is 0.254 e. The molecule has 3 aromatic carbocycles. The van der Waals surface area contributed by atoms with Gasteiger partial charge in [0.1, 0.15) is 5.75 Å². The highest BCUT2D eigenvalue weighted by molar-refractivity contribution is 5.99. The summed E-state index contributed by atoms with van der Waals surface area (Å²) >= 11 is 0. The van der Waals surface area contributed by atoms with Gasteiger partial charge in [0.05, 0.1) is 23.7 Å². The lowest BCUT2D eigenvalue weighted by Gasteiger charge is -2.22. The zero-order chi connectivity index (χ0) is 31.5. The molecule has 2 aliphatic rings. The van der Waals surface area contributed by atoms with Gasteiger partial charge in [0.2, 0.25) is 11.9 Å². The molecule has 1 fully saturated rings. The van der Waals surface area contributed by atoms with Crippen molar-refractivity contribution in [2.45, 2.75) is 31.8 Å². The fourth-order valence-corrected chi connectivity index (χ4v) is 6.07. The summed E-state index contributed by atoms with van der Waals surface area (Å²) in [4.78, 5) is 48.1. The minimum Gasteiger partial charge on any atom is -0.507 e. The SMILES string of the molecule is Cn1c(N2CC[C@H](O)C2)nc2cc(C(=O)N3CCCCNC(=O)c4cccc(c4)-c4cc(ccc4O)CCNC(=O)C3)ccc21. The Balaban J connectivity index is 1.21. The van der Waals surface area contributed by atoms with Crippen LogP contribution in [0.15, 0.2) is 60.7 Å². The molecule has 11 nitrogen and oxygen atoms in total. The number of phenolic OH excluding ortho intramolecular Hbond substituents is 1. The number of β-amino-alcohol motifs (C(OH)–C–C–N with tert-alkyl or cyclic N) is 1. The van der Waals surface area contributed by atoms with E-state index >= 15 is 0 Å². The largest absolute Gasteiger partial charge is 0.507 e. The molecule has 3 heterocycles. The summed E-state index contributed by atoms with van der Waals surface area (Å²) in [5.74, 6) is 0.107. The predicted octanol–water partition coefficient (Wildman–Crippen LogP) is 2.84. The molecule has 0 radical (unpaired) electrons. The molecular weight excluding hydrogens is 572 g/mol. The standard InChI is InChI=1S/C34H38N6O5/c1-38-29-9-8-25(19-28(29)37-34(38)40-16-12-26(41)20-40)33(45)39-15-3-2-13-36-32(44)24-6-4-5-23(18-24)27-17-22(7-10-30(27)42)11-14-35-31(43)21-39/h4-10,17-19,26,41-42H,2-3,11-16,20-21H2,1H3,(H,35,43)(H,36,44)/t26-/m0/s1. The van der Waals surface area contributed by atoms with Crippen molar-refractivity contribution in [2.24, 2.45) is 7.05 Å². The molecule has 4 bridgehead atoms. The molecule has 4 N–H and O–H groups in total. The summed E-state index contributed by atoms with van der Waals surface area (Å²) in [6.07, 6.45) is 2.04. The number of nitrogens with zero attached hydrogens (tertiary/aromatic N) is 4. The van der Waals surface area contributed by atoms with Gasteiger partial charge in [0, 0.05) is 56.5 Å². The van der Waals surface area contributed by atoms with Crippen molar-refractivity contribution in [3.63, 3.8) is 0 Å². The van der Waals surface area contributed by atoms with Crippen molar-refractivity contribution in [3.8, 4) is 16.9 Å². The Morgan fingerprint density at radius 1 is 0.956 bits per heavy atom. The number of carbonyl (C=O) groups excluding carboxylic acids is 3. The molecule has 0 unspecified atom stereocenters. The molecule has 1 aromatic heterocycles. The zero-order valence-corrected chi connectivity index (χ0v) is 25.3. The number of imidazole rings is 1. The lowest BCUT2D eigenvalue weighted by molar-refractivity contribution is -0.121. The van der Waals surface area contributed by atoms with Crippen LogP contribution in [-0.2, 0) is 18.3 Å². The van der Waals surface area contributed by atoms with Crippen molar-refractivity contribution in [1.82, 2.24) is 25.1 Å². The predicted molar refractivity (Wildman–Crippen MR) is 171 cm³/mol. The van der Waals surface area contributed by atoms with Crippen LogP contribution in [0.25, 0.3) is 22.2 Å². The number of benzene rings is 3. The van der Waals surface area contributed by atoms with Crippen molar-refractivity contribution in [3.05, 3.63) is 77.4 Å². The maximum absolute atomic E-state index is 13.8. The molecular formula is C34H38N6O5. The third-order valence-electron chi connectivity index (χ3n) is 8.55. The fraction of sp³-hybridized carbons (Fsp3) is 0.353. The average molecular weight is 611 g/mol. The Labute approximate surface area is 261 Å². The fourth-order valence-electron chi connectivity index (χ4n) is 6.07. The van der Waals surface area contributed by atoms with E-state index in [2.05, 4.69) is 10.6 Å². The summed E-state index contributed by atoms with van der Waals surface area (Å²) in [7, 11) is 1.92. The van der Waals surface area contributed by atoms with E-state index in [4.69, 9.17) is 4.98 Å². The number of aromatic hydroxyl groups is 1. The number of amides is 3. The van der Waals surface area contributed by atoms with Crippen molar-refractivity contribution in [1.29, 1.82) is 0 Å². The topological polar surface area (TPSA) is 140 Å². The minimum atomic E-state index is -0.378. The Kier molecular flexibility index (Phi) is 8.70. The van der Waals surface area contributed by atoms with Gasteiger partial charge in [-0.25, -0.2) is 4.98 Å². The summed E-state index contributed by atoms with van der Waals surface area (Å²) < 4.78 is 1.97. The third-order valence-corrected chi connectivity index (χ3v) is 8.55. The highest BCUT2D eigenvalue weighted by atomic mass is 16.3. The van der Waals surface area contributed by atoms with Gasteiger partial charge in [0.25, 0.3) is 11.8 Å². The monoisotopic (exact) mass is 610 g/mol. The molecule has 0 spiro atoms. The number of aliphatic hydroxyl groups is 1. The van der Waals surface area contributed by atoms with Crippen LogP contribution in [0.2, 0.25) is 0 Å². The van der Waals surface area contributed by atoms with E-state index in [-0.39, 0.29) is 36.1 Å². The first-order chi connectivity index (χ1) is 21.8. The molecule has 3 amide bonds. The zero-order valence-electron chi connectivity index (χ0n) is 25.3. The maximum atomic E-state index is 13.8. The van der Waals surface area contributed by atoms with E-state index in [1.807, 2.05) is 34.7 Å². The van der Waals surface area contributed by atoms with Crippen LogP contribution in [0.1, 0.15) is 45.5 Å². The second-order valence-electron chi connectivity index (χ2n) is 11.8. The molecule has 45 heavy (non-hydrogen) atoms. The lowest BCUT2D eigenvalue weighted by Crippen LogP contribution is -2.42. The summed E-state index contributed by atoms with van der Waals surface area (Å²) in [6, 6.07) is 17.8. The van der Waals surface area contributed by atoms with E-state index < -0.39 is 0 Å². The number of aryl methyl sites for hydroxylation is 1. The second kappa shape index (κ2) is 13.0. The number of rotatable bonds is 2. The third kappa shape index (κ3) is 6.63. The van der Waals surface area contributed by atoms with Crippen LogP contribution in [0, 0.1) is 0 Å². The van der Waals surface area contributed by atoms with Gasteiger partial charge in [-0.05, 0) is 79.3 Å². The van der Waals surface area contributed by atoms with Crippen LogP contribution in [0.4, 0.5) is 5.95 Å². The van der Waals surface area contributed by atoms with Crippen LogP contribution in [-0.4, -0.2) is 87.8 Å². The number of aromatic nitrogens is 2. The van der Waals surface area contributed by atoms with Crippen molar-refractivity contribution in [2.75, 3.05) is 44.2 Å². The quantitative estimate of drug-likeness (QED) is 0.274. The highest BCUT2D eigenvalue weighted by Crippen LogP contribution is 2.31. The molecule has 4 aromatic rings. The average Bonchev–Trinajstić information content (AvgIpc) is 3.62. The van der Waals surface area contributed by atoms with Crippen LogP contribution < -0.4 is 15.5 Å². The number of phenols is 1. The number of nitrogens with one attached hydrogen (secondary N) is 2.